The van der Waals surface area contributed by atoms with Gasteiger partial charge in [0.2, 0.25) is 0 Å². The van der Waals surface area contributed by atoms with Crippen molar-refractivity contribution in [3.05, 3.63) is 34.1 Å². The summed E-state index contributed by atoms with van der Waals surface area (Å²) in [5.41, 5.74) is 0.151. The Morgan fingerprint density at radius 2 is 2.13 bits per heavy atom. The molecule has 1 N–H and O–H groups in total. The van der Waals surface area contributed by atoms with Crippen LogP contribution in [0, 0.1) is 5.82 Å². The second-order valence-electron chi connectivity index (χ2n) is 2.75. The molecule has 0 aliphatic heterocycles. The van der Waals surface area contributed by atoms with Gasteiger partial charge >= 0.3 is 6.43 Å². The molecule has 1 amide bonds. The molecule has 15 heavy (non-hydrogen) atoms. The molecule has 1 rings (SSSR count). The van der Waals surface area contributed by atoms with Crippen LogP contribution in [-0.4, -0.2) is 12.3 Å². The van der Waals surface area contributed by atoms with Gasteiger partial charge in [0.25, 0.3) is 5.91 Å². The Morgan fingerprint density at radius 3 is 2.73 bits per heavy atom. The maximum Gasteiger partial charge on any atom is 0.315 e. The minimum absolute atomic E-state index is 0.151. The van der Waals surface area contributed by atoms with Crippen molar-refractivity contribution in [1.82, 2.24) is 5.32 Å². The summed E-state index contributed by atoms with van der Waals surface area (Å²) in [6.45, 7) is -0.256. The molecule has 0 unspecified atom stereocenters. The van der Waals surface area contributed by atoms with E-state index in [1.54, 1.807) is 0 Å². The molecule has 0 heterocycles. The number of carbonyl (C=O) groups excluding carboxylic acids is 1. The predicted molar refractivity (Wildman–Crippen MR) is 52.0 cm³/mol. The van der Waals surface area contributed by atoms with E-state index < -0.39 is 18.1 Å². The first kappa shape index (κ1) is 12.0. The first-order chi connectivity index (χ1) is 7.00. The van der Waals surface area contributed by atoms with E-state index in [0.717, 1.165) is 0 Å². The third kappa shape index (κ3) is 3.54. The van der Waals surface area contributed by atoms with Crippen molar-refractivity contribution < 1.29 is 18.0 Å². The fraction of sp³-hybridized carbons (Fsp3) is 0.222. The average Bonchev–Trinajstić information content (AvgIpc) is 2.18. The Hall–Kier alpha value is -1.04. The highest BCUT2D eigenvalue weighted by Crippen LogP contribution is 2.15. The Bertz CT molecular complexity index is 370. The van der Waals surface area contributed by atoms with Gasteiger partial charge in [-0.1, -0.05) is 15.9 Å². The van der Waals surface area contributed by atoms with Crippen LogP contribution in [0.4, 0.5) is 13.2 Å². The van der Waals surface area contributed by atoms with Crippen LogP contribution in [0.1, 0.15) is 5.56 Å². The Morgan fingerprint density at radius 1 is 1.47 bits per heavy atom. The largest absolute Gasteiger partial charge is 0.347 e. The molecular formula is C9H7BrF3NO. The minimum atomic E-state index is -3.08. The van der Waals surface area contributed by atoms with Crippen molar-refractivity contribution >= 4 is 21.8 Å². The molecule has 0 bridgehead atoms. The van der Waals surface area contributed by atoms with Gasteiger partial charge in [0, 0.05) is 16.6 Å². The molecule has 0 fully saturated rings. The number of benzene rings is 1. The van der Waals surface area contributed by atoms with E-state index in [-0.39, 0.29) is 12.1 Å². The van der Waals surface area contributed by atoms with E-state index in [1.165, 1.54) is 18.2 Å². The van der Waals surface area contributed by atoms with Crippen LogP contribution < -0.4 is 5.32 Å². The van der Waals surface area contributed by atoms with E-state index in [2.05, 4.69) is 15.9 Å². The van der Waals surface area contributed by atoms with Crippen LogP contribution in [0.25, 0.3) is 0 Å². The Balaban J connectivity index is 2.65. The molecule has 0 aromatic heterocycles. The fourth-order valence-electron chi connectivity index (χ4n) is 0.938. The first-order valence-corrected chi connectivity index (χ1v) is 4.80. The lowest BCUT2D eigenvalue weighted by molar-refractivity contribution is -0.131. The van der Waals surface area contributed by atoms with Gasteiger partial charge in [0.05, 0.1) is 0 Å². The fourth-order valence-corrected chi connectivity index (χ4v) is 1.35. The van der Waals surface area contributed by atoms with Crippen molar-refractivity contribution in [3.8, 4) is 0 Å². The molecule has 0 aliphatic carbocycles. The topological polar surface area (TPSA) is 29.1 Å². The van der Waals surface area contributed by atoms with Gasteiger partial charge in [-0.3, -0.25) is 4.79 Å². The molecule has 1 aromatic rings. The smallest absolute Gasteiger partial charge is 0.315 e. The Kier molecular flexibility index (Phi) is 4.14. The molecule has 0 saturated carbocycles. The molecule has 0 saturated heterocycles. The number of nitrogens with one attached hydrogen (secondary N) is 1. The van der Waals surface area contributed by atoms with Crippen LogP contribution in [0.3, 0.4) is 0 Å². The zero-order valence-corrected chi connectivity index (χ0v) is 9.02. The number of carbonyl (C=O) groups is 1. The maximum atomic E-state index is 13.1. The van der Waals surface area contributed by atoms with Gasteiger partial charge in [0.15, 0.2) is 0 Å². The lowest BCUT2D eigenvalue weighted by atomic mass is 10.2. The molecule has 82 valence electrons. The second-order valence-corrected chi connectivity index (χ2v) is 3.67. The summed E-state index contributed by atoms with van der Waals surface area (Å²) < 4.78 is 37.3. The SMILES string of the molecule is O=C(NCc1cc(Br)ccc1F)C(F)F. The predicted octanol–water partition coefficient (Wildman–Crippen LogP) is 2.47. The zero-order chi connectivity index (χ0) is 11.4. The first-order valence-electron chi connectivity index (χ1n) is 4.00. The molecular weight excluding hydrogens is 275 g/mol. The molecule has 2 nitrogen and oxygen atoms in total. The van der Waals surface area contributed by atoms with Gasteiger partial charge in [-0.15, -0.1) is 0 Å². The summed E-state index contributed by atoms with van der Waals surface area (Å²) in [7, 11) is 0. The van der Waals surface area contributed by atoms with Crippen molar-refractivity contribution in [1.29, 1.82) is 0 Å². The highest BCUT2D eigenvalue weighted by atomic mass is 79.9. The number of hydrogen-bond acceptors (Lipinski definition) is 1. The van der Waals surface area contributed by atoms with Crippen LogP contribution in [0.5, 0.6) is 0 Å². The number of halogens is 4. The number of alkyl halides is 2. The normalized spacial score (nSPS) is 10.5. The summed E-state index contributed by atoms with van der Waals surface area (Å²) in [6, 6.07) is 4.09. The third-order valence-electron chi connectivity index (χ3n) is 1.66. The summed E-state index contributed by atoms with van der Waals surface area (Å²) >= 11 is 3.10. The van der Waals surface area contributed by atoms with Gasteiger partial charge in [0.1, 0.15) is 5.82 Å². The lowest BCUT2D eigenvalue weighted by Crippen LogP contribution is -2.29. The second kappa shape index (κ2) is 5.16. The van der Waals surface area contributed by atoms with Gasteiger partial charge in [-0.05, 0) is 18.2 Å². The summed E-state index contributed by atoms with van der Waals surface area (Å²) in [5, 5.41) is 1.92. The van der Waals surface area contributed by atoms with Crippen molar-refractivity contribution in [2.24, 2.45) is 0 Å². The van der Waals surface area contributed by atoms with E-state index in [9.17, 15) is 18.0 Å². The molecule has 0 radical (unpaired) electrons. The van der Waals surface area contributed by atoms with Gasteiger partial charge in [-0.2, -0.15) is 8.78 Å². The van der Waals surface area contributed by atoms with Crippen molar-refractivity contribution in [2.75, 3.05) is 0 Å². The van der Waals surface area contributed by atoms with Crippen LogP contribution in [0.15, 0.2) is 22.7 Å². The standard InChI is InChI=1S/C9H7BrF3NO/c10-6-1-2-7(11)5(3-6)4-14-9(15)8(12)13/h1-3,8H,4H2,(H,14,15). The number of rotatable bonds is 3. The van der Waals surface area contributed by atoms with E-state index in [0.29, 0.717) is 4.47 Å². The maximum absolute atomic E-state index is 13.1. The third-order valence-corrected chi connectivity index (χ3v) is 2.15. The highest BCUT2D eigenvalue weighted by Gasteiger charge is 2.14. The van der Waals surface area contributed by atoms with Crippen molar-refractivity contribution in [3.63, 3.8) is 0 Å². The molecule has 6 heteroatoms. The van der Waals surface area contributed by atoms with Crippen LogP contribution in [0.2, 0.25) is 0 Å². The molecule has 0 atom stereocenters. The van der Waals surface area contributed by atoms with Gasteiger partial charge in [-0.25, -0.2) is 4.39 Å². The summed E-state index contributed by atoms with van der Waals surface area (Å²) in [5.74, 6) is -1.96. The van der Waals surface area contributed by atoms with E-state index in [4.69, 9.17) is 0 Å². The lowest BCUT2D eigenvalue weighted by Gasteiger charge is -2.05. The van der Waals surface area contributed by atoms with Crippen molar-refractivity contribution in [2.45, 2.75) is 13.0 Å². The minimum Gasteiger partial charge on any atom is -0.347 e. The highest BCUT2D eigenvalue weighted by molar-refractivity contribution is 9.10. The quantitative estimate of drug-likeness (QED) is 0.906. The van der Waals surface area contributed by atoms with Gasteiger partial charge < -0.3 is 5.32 Å². The monoisotopic (exact) mass is 281 g/mol. The molecule has 0 aliphatic rings. The molecule has 1 aromatic carbocycles. The number of hydrogen-bond donors (Lipinski definition) is 1. The van der Waals surface area contributed by atoms with E-state index in [1.807, 2.05) is 5.32 Å². The van der Waals surface area contributed by atoms with Crippen LogP contribution in [-0.2, 0) is 11.3 Å². The van der Waals surface area contributed by atoms with E-state index >= 15 is 0 Å². The summed E-state index contributed by atoms with van der Waals surface area (Å²) in [6.07, 6.45) is -3.08. The Labute approximate surface area is 92.6 Å². The zero-order valence-electron chi connectivity index (χ0n) is 7.44. The summed E-state index contributed by atoms with van der Waals surface area (Å²) in [4.78, 5) is 10.5. The average molecular weight is 282 g/mol. The van der Waals surface area contributed by atoms with Crippen LogP contribution >= 0.6 is 15.9 Å². The molecule has 0 spiro atoms. The number of amides is 1.